The third-order valence-corrected chi connectivity index (χ3v) is 3.35. The van der Waals surface area contributed by atoms with Crippen molar-refractivity contribution in [2.75, 3.05) is 19.6 Å². The van der Waals surface area contributed by atoms with E-state index in [-0.39, 0.29) is 5.91 Å². The second-order valence-corrected chi connectivity index (χ2v) is 5.93. The van der Waals surface area contributed by atoms with Crippen molar-refractivity contribution in [1.82, 2.24) is 10.2 Å². The largest absolute Gasteiger partial charge is 0.342 e. The maximum atomic E-state index is 11.9. The Hall–Kier alpha value is -0.570. The van der Waals surface area contributed by atoms with Crippen LogP contribution in [-0.2, 0) is 4.79 Å². The molecular formula is C13H26N2O. The Kier molecular flexibility index (Phi) is 4.78. The molecule has 1 N–H and O–H groups in total. The minimum atomic E-state index is 0.256. The molecule has 0 bridgehead atoms. The zero-order valence-electron chi connectivity index (χ0n) is 11.2. The topological polar surface area (TPSA) is 32.3 Å². The molecule has 3 heteroatoms. The van der Waals surface area contributed by atoms with Crippen LogP contribution < -0.4 is 5.32 Å². The van der Waals surface area contributed by atoms with Gasteiger partial charge in [0.1, 0.15) is 0 Å². The van der Waals surface area contributed by atoms with Gasteiger partial charge in [-0.15, -0.1) is 0 Å². The van der Waals surface area contributed by atoms with Crippen molar-refractivity contribution in [1.29, 1.82) is 0 Å². The van der Waals surface area contributed by atoms with Crippen LogP contribution in [0.3, 0.4) is 0 Å². The number of carbonyl (C=O) groups is 1. The third-order valence-electron chi connectivity index (χ3n) is 3.35. The molecule has 16 heavy (non-hydrogen) atoms. The molecule has 0 aromatic rings. The lowest BCUT2D eigenvalue weighted by Gasteiger charge is -2.23. The third kappa shape index (κ3) is 4.52. The lowest BCUT2D eigenvalue weighted by molar-refractivity contribution is -0.130. The first-order chi connectivity index (χ1) is 7.41. The molecule has 94 valence electrons. The Morgan fingerprint density at radius 3 is 2.62 bits per heavy atom. The summed E-state index contributed by atoms with van der Waals surface area (Å²) in [5.74, 6) is 0.256. The van der Waals surface area contributed by atoms with Crippen LogP contribution in [0.25, 0.3) is 0 Å². The average Bonchev–Trinajstić information content (AvgIpc) is 2.35. The second-order valence-electron chi connectivity index (χ2n) is 5.93. The summed E-state index contributed by atoms with van der Waals surface area (Å²) in [4.78, 5) is 13.9. The van der Waals surface area contributed by atoms with E-state index in [9.17, 15) is 4.79 Å². The average molecular weight is 226 g/mol. The normalized spacial score (nSPS) is 20.9. The maximum Gasteiger partial charge on any atom is 0.236 e. The van der Waals surface area contributed by atoms with Crippen LogP contribution >= 0.6 is 0 Å². The minimum absolute atomic E-state index is 0.256. The molecule has 1 saturated heterocycles. The van der Waals surface area contributed by atoms with Gasteiger partial charge in [-0.1, -0.05) is 27.7 Å². The van der Waals surface area contributed by atoms with Crippen molar-refractivity contribution >= 4 is 5.91 Å². The lowest BCUT2D eigenvalue weighted by atomic mass is 9.85. The van der Waals surface area contributed by atoms with Gasteiger partial charge in [0.15, 0.2) is 0 Å². The fourth-order valence-corrected chi connectivity index (χ4v) is 2.08. The summed E-state index contributed by atoms with van der Waals surface area (Å²) in [6, 6.07) is 0.382. The van der Waals surface area contributed by atoms with Crippen molar-refractivity contribution in [2.45, 2.75) is 53.0 Å². The van der Waals surface area contributed by atoms with E-state index in [1.807, 2.05) is 4.90 Å². The Bertz CT molecular complexity index is 236. The summed E-state index contributed by atoms with van der Waals surface area (Å²) in [6.07, 6.45) is 3.50. The van der Waals surface area contributed by atoms with Gasteiger partial charge >= 0.3 is 0 Å². The second kappa shape index (κ2) is 5.67. The highest BCUT2D eigenvalue weighted by Gasteiger charge is 2.25. The van der Waals surface area contributed by atoms with E-state index < -0.39 is 0 Å². The Morgan fingerprint density at radius 1 is 1.31 bits per heavy atom. The molecule has 0 spiro atoms. The van der Waals surface area contributed by atoms with Crippen LogP contribution in [0.15, 0.2) is 0 Å². The summed E-state index contributed by atoms with van der Waals surface area (Å²) < 4.78 is 0. The van der Waals surface area contributed by atoms with Crippen LogP contribution in [-0.4, -0.2) is 36.5 Å². The predicted molar refractivity (Wildman–Crippen MR) is 67.4 cm³/mol. The number of rotatable bonds is 3. The summed E-state index contributed by atoms with van der Waals surface area (Å²) in [5, 5.41) is 3.19. The zero-order valence-corrected chi connectivity index (χ0v) is 11.2. The molecule has 0 aliphatic carbocycles. The van der Waals surface area contributed by atoms with Crippen molar-refractivity contribution < 1.29 is 4.79 Å². The van der Waals surface area contributed by atoms with Gasteiger partial charge in [0.05, 0.1) is 6.54 Å². The summed E-state index contributed by atoms with van der Waals surface area (Å²) in [5.41, 5.74) is 0.403. The van der Waals surface area contributed by atoms with Crippen LogP contribution in [0.1, 0.15) is 47.0 Å². The number of amides is 1. The van der Waals surface area contributed by atoms with Crippen molar-refractivity contribution in [3.63, 3.8) is 0 Å². The van der Waals surface area contributed by atoms with Crippen LogP contribution in [0.4, 0.5) is 0 Å². The number of likely N-dealkylation sites (tertiary alicyclic amines) is 1. The van der Waals surface area contributed by atoms with Crippen molar-refractivity contribution in [2.24, 2.45) is 5.41 Å². The molecule has 1 heterocycles. The first kappa shape index (κ1) is 13.5. The number of nitrogens with zero attached hydrogens (tertiary/aromatic N) is 1. The molecule has 3 nitrogen and oxygen atoms in total. The number of carbonyl (C=O) groups excluding carboxylic acids is 1. The first-order valence-corrected chi connectivity index (χ1v) is 6.42. The molecule has 0 saturated carbocycles. The summed E-state index contributed by atoms with van der Waals surface area (Å²) in [6.45, 7) is 11.1. The fourth-order valence-electron chi connectivity index (χ4n) is 2.08. The van der Waals surface area contributed by atoms with Gasteiger partial charge in [0.2, 0.25) is 5.91 Å². The highest BCUT2D eigenvalue weighted by molar-refractivity contribution is 5.78. The Labute approximate surface area is 99.6 Å². The molecule has 1 fully saturated rings. The lowest BCUT2D eigenvalue weighted by Crippen LogP contribution is -2.40. The quantitative estimate of drug-likeness (QED) is 0.798. The minimum Gasteiger partial charge on any atom is -0.342 e. The van der Waals surface area contributed by atoms with Gasteiger partial charge < -0.3 is 10.2 Å². The predicted octanol–water partition coefficient (Wildman–Crippen LogP) is 2.02. The molecular weight excluding hydrogens is 200 g/mol. The smallest absolute Gasteiger partial charge is 0.236 e. The highest BCUT2D eigenvalue weighted by atomic mass is 16.2. The van der Waals surface area contributed by atoms with Crippen LogP contribution in [0, 0.1) is 5.41 Å². The number of hydrogen-bond donors (Lipinski definition) is 1. The van der Waals surface area contributed by atoms with E-state index in [0.29, 0.717) is 18.0 Å². The zero-order chi connectivity index (χ0) is 12.2. The molecule has 0 atom stereocenters. The molecule has 0 unspecified atom stereocenters. The molecule has 1 rings (SSSR count). The molecule has 1 amide bonds. The van der Waals surface area contributed by atoms with Gasteiger partial charge in [-0.25, -0.2) is 0 Å². The Morgan fingerprint density at radius 2 is 2.00 bits per heavy atom. The standard InChI is InChI=1S/C13H26N2O/c1-11(2)14-10-12(16)15-8-5-6-13(3,4)7-9-15/h11,14H,5-10H2,1-4H3. The van der Waals surface area contributed by atoms with E-state index in [2.05, 4.69) is 33.0 Å². The van der Waals surface area contributed by atoms with Gasteiger partial charge in [0, 0.05) is 19.1 Å². The van der Waals surface area contributed by atoms with E-state index in [4.69, 9.17) is 0 Å². The summed E-state index contributed by atoms with van der Waals surface area (Å²) in [7, 11) is 0. The summed E-state index contributed by atoms with van der Waals surface area (Å²) >= 11 is 0. The number of hydrogen-bond acceptors (Lipinski definition) is 2. The Balaban J connectivity index is 2.39. The van der Waals surface area contributed by atoms with E-state index >= 15 is 0 Å². The van der Waals surface area contributed by atoms with E-state index in [1.165, 1.54) is 6.42 Å². The number of nitrogens with one attached hydrogen (secondary N) is 1. The molecule has 0 aromatic carbocycles. The van der Waals surface area contributed by atoms with Crippen molar-refractivity contribution in [3.05, 3.63) is 0 Å². The van der Waals surface area contributed by atoms with Crippen LogP contribution in [0.5, 0.6) is 0 Å². The van der Waals surface area contributed by atoms with E-state index in [1.54, 1.807) is 0 Å². The SMILES string of the molecule is CC(C)NCC(=O)N1CCCC(C)(C)CC1. The van der Waals surface area contributed by atoms with Gasteiger partial charge in [0.25, 0.3) is 0 Å². The van der Waals surface area contributed by atoms with Gasteiger partial charge in [-0.2, -0.15) is 0 Å². The molecule has 0 radical (unpaired) electrons. The first-order valence-electron chi connectivity index (χ1n) is 6.42. The molecule has 1 aliphatic rings. The van der Waals surface area contributed by atoms with Crippen LogP contribution in [0.2, 0.25) is 0 Å². The van der Waals surface area contributed by atoms with Crippen molar-refractivity contribution in [3.8, 4) is 0 Å². The monoisotopic (exact) mass is 226 g/mol. The highest BCUT2D eigenvalue weighted by Crippen LogP contribution is 2.29. The molecule has 0 aromatic heterocycles. The fraction of sp³-hybridized carbons (Fsp3) is 0.923. The molecule has 1 aliphatic heterocycles. The van der Waals surface area contributed by atoms with Gasteiger partial charge in [-0.3, -0.25) is 4.79 Å². The maximum absolute atomic E-state index is 11.9. The van der Waals surface area contributed by atoms with E-state index in [0.717, 1.165) is 25.9 Å². The van der Waals surface area contributed by atoms with Gasteiger partial charge in [-0.05, 0) is 24.7 Å².